The molecule has 0 aromatic heterocycles. The van der Waals surface area contributed by atoms with E-state index < -0.39 is 0 Å². The third-order valence-corrected chi connectivity index (χ3v) is 2.84. The molecule has 1 aliphatic heterocycles. The van der Waals surface area contributed by atoms with Crippen LogP contribution in [0.2, 0.25) is 0 Å². The van der Waals surface area contributed by atoms with Crippen molar-refractivity contribution >= 4 is 13.5 Å². The van der Waals surface area contributed by atoms with Crippen molar-refractivity contribution in [3.8, 4) is 0 Å². The molecule has 7 heavy (non-hydrogen) atoms. The summed E-state index contributed by atoms with van der Waals surface area (Å²) in [5.74, 6) is 2.36. The Labute approximate surface area is 45.0 Å². The van der Waals surface area contributed by atoms with Gasteiger partial charge in [0.2, 0.25) is 0 Å². The van der Waals surface area contributed by atoms with Gasteiger partial charge in [0.15, 0.2) is 0 Å². The van der Waals surface area contributed by atoms with E-state index in [9.17, 15) is 0 Å². The van der Waals surface area contributed by atoms with E-state index in [1.54, 1.807) is 10.9 Å². The van der Waals surface area contributed by atoms with Crippen molar-refractivity contribution < 1.29 is 0 Å². The summed E-state index contributed by atoms with van der Waals surface area (Å²) in [6.45, 7) is 0. The van der Waals surface area contributed by atoms with Crippen LogP contribution in [0.4, 0.5) is 0 Å². The van der Waals surface area contributed by atoms with E-state index in [0.717, 1.165) is 0 Å². The molecule has 1 aliphatic carbocycles. The van der Waals surface area contributed by atoms with Crippen molar-refractivity contribution in [3.05, 3.63) is 11.4 Å². The molecule has 0 unspecified atom stereocenters. The molecule has 0 N–H and O–H groups in total. The van der Waals surface area contributed by atoms with Crippen LogP contribution in [0.1, 0.15) is 19.3 Å². The molecule has 1 fully saturated rings. The van der Waals surface area contributed by atoms with E-state index in [4.69, 9.17) is 0 Å². The molecular weight excluding hydrogens is 103 g/mol. The molecule has 0 nitrogen and oxygen atoms in total. The average molecular weight is 110 g/mol. The van der Waals surface area contributed by atoms with E-state index in [0.29, 0.717) is 0 Å². The number of fused-ring (bicyclic) bond motifs is 2. The number of hydrogen-bond acceptors (Lipinski definition) is 0. The smallest absolute Gasteiger partial charge is 0.00552 e. The fourth-order valence-electron chi connectivity index (χ4n) is 1.15. The quantitative estimate of drug-likeness (QED) is 0.419. The van der Waals surface area contributed by atoms with Gasteiger partial charge in [0.1, 0.15) is 0 Å². The Morgan fingerprint density at radius 3 is 2.57 bits per heavy atom. The third kappa shape index (κ3) is 0.467. The van der Waals surface area contributed by atoms with Crippen LogP contribution < -0.4 is 0 Å². The molecule has 0 amide bonds. The molecule has 2 aliphatic rings. The lowest BCUT2D eigenvalue weighted by Crippen LogP contribution is -1.76. The molecule has 0 saturated heterocycles. The van der Waals surface area contributed by atoms with Crippen LogP contribution in [-0.4, -0.2) is 5.29 Å². The predicted molar refractivity (Wildman–Crippen MR) is 33.9 cm³/mol. The van der Waals surface area contributed by atoms with Gasteiger partial charge >= 0.3 is 0 Å². The molecule has 1 saturated carbocycles. The minimum atomic E-state index is 1.35. The van der Waals surface area contributed by atoms with Crippen LogP contribution in [0.15, 0.2) is 11.4 Å². The van der Waals surface area contributed by atoms with Crippen LogP contribution in [0.25, 0.3) is 0 Å². The van der Waals surface area contributed by atoms with Gasteiger partial charge in [-0.3, -0.25) is 0 Å². The fraction of sp³-hybridized carbons (Fsp3) is 0.500. The number of allylic oxidation sites excluding steroid dienone is 1. The van der Waals surface area contributed by atoms with Crippen molar-refractivity contribution in [2.24, 2.45) is 0 Å². The van der Waals surface area contributed by atoms with Crippen molar-refractivity contribution in [1.29, 1.82) is 0 Å². The molecule has 2 bridgehead atoms. The Balaban J connectivity index is 2.45. The second-order valence-electron chi connectivity index (χ2n) is 2.16. The standard InChI is InChI=1S/C6H7P/c1-2-6-3-5(1)4-7-6/h4H,1-3H2. The van der Waals surface area contributed by atoms with E-state index in [2.05, 4.69) is 5.82 Å². The summed E-state index contributed by atoms with van der Waals surface area (Å²) in [4.78, 5) is 0. The summed E-state index contributed by atoms with van der Waals surface area (Å²) in [6.07, 6.45) is 4.12. The lowest BCUT2D eigenvalue weighted by atomic mass is 10.3. The maximum atomic E-state index is 2.36. The van der Waals surface area contributed by atoms with Gasteiger partial charge in [-0.05, 0) is 30.4 Å². The van der Waals surface area contributed by atoms with Gasteiger partial charge in [0.05, 0.1) is 0 Å². The highest BCUT2D eigenvalue weighted by Gasteiger charge is 2.15. The van der Waals surface area contributed by atoms with Crippen molar-refractivity contribution in [2.45, 2.75) is 19.3 Å². The highest BCUT2D eigenvalue weighted by atomic mass is 31.1. The summed E-state index contributed by atoms with van der Waals surface area (Å²) in [5.41, 5.74) is 1.69. The Morgan fingerprint density at radius 1 is 1.43 bits per heavy atom. The Bertz CT molecular complexity index is 136. The van der Waals surface area contributed by atoms with Gasteiger partial charge < -0.3 is 0 Å². The first kappa shape index (κ1) is 3.86. The normalized spacial score (nSPS) is 27.4. The fourth-order valence-corrected chi connectivity index (χ4v) is 2.27. The topological polar surface area (TPSA) is 0 Å². The SMILES string of the molecule is C1=C2CCC(=P1)C2. The largest absolute Gasteiger partial charge is 0.0770 e. The average Bonchev–Trinajstić information content (AvgIpc) is 2.22. The third-order valence-electron chi connectivity index (χ3n) is 1.60. The zero-order chi connectivity index (χ0) is 4.69. The first-order valence-electron chi connectivity index (χ1n) is 2.68. The molecular formula is C6H7P. The highest BCUT2D eigenvalue weighted by molar-refractivity contribution is 7.44. The second kappa shape index (κ2) is 1.20. The van der Waals surface area contributed by atoms with E-state index in [-0.39, 0.29) is 0 Å². The lowest BCUT2D eigenvalue weighted by molar-refractivity contribution is 1.09. The Kier molecular flexibility index (Phi) is 0.660. The molecule has 36 valence electrons. The van der Waals surface area contributed by atoms with Crippen LogP contribution in [-0.2, 0) is 0 Å². The minimum absolute atomic E-state index is 1.35. The molecule has 1 heteroatoms. The van der Waals surface area contributed by atoms with Crippen LogP contribution >= 0.6 is 8.20 Å². The summed E-state index contributed by atoms with van der Waals surface area (Å²) >= 11 is 0. The second-order valence-corrected chi connectivity index (χ2v) is 3.31. The summed E-state index contributed by atoms with van der Waals surface area (Å²) < 4.78 is 0. The molecule has 0 radical (unpaired) electrons. The summed E-state index contributed by atoms with van der Waals surface area (Å²) in [5, 5.41) is 1.75. The van der Waals surface area contributed by atoms with Crippen molar-refractivity contribution in [1.82, 2.24) is 0 Å². The number of rotatable bonds is 0. The van der Waals surface area contributed by atoms with Gasteiger partial charge in [0, 0.05) is 0 Å². The van der Waals surface area contributed by atoms with Crippen LogP contribution in [0, 0.1) is 0 Å². The summed E-state index contributed by atoms with van der Waals surface area (Å²) in [6, 6.07) is 0. The minimum Gasteiger partial charge on any atom is -0.0770 e. The molecule has 0 atom stereocenters. The maximum Gasteiger partial charge on any atom is -0.00552 e. The molecule has 0 spiro atoms. The molecule has 1 heterocycles. The van der Waals surface area contributed by atoms with E-state index >= 15 is 0 Å². The van der Waals surface area contributed by atoms with Gasteiger partial charge in [-0.2, -0.15) is 0 Å². The molecule has 2 rings (SSSR count). The Hall–Kier alpha value is -0.0900. The first-order chi connectivity index (χ1) is 3.45. The zero-order valence-corrected chi connectivity index (χ0v) is 5.04. The number of hydrogen-bond donors (Lipinski definition) is 0. The van der Waals surface area contributed by atoms with Crippen molar-refractivity contribution in [2.75, 3.05) is 0 Å². The monoisotopic (exact) mass is 110 g/mol. The highest BCUT2D eigenvalue weighted by Crippen LogP contribution is 2.34. The van der Waals surface area contributed by atoms with Crippen LogP contribution in [0.5, 0.6) is 0 Å². The maximum absolute atomic E-state index is 2.36. The van der Waals surface area contributed by atoms with Gasteiger partial charge in [-0.25, -0.2) is 0 Å². The van der Waals surface area contributed by atoms with Gasteiger partial charge in [-0.1, -0.05) is 13.8 Å². The molecule has 0 aromatic rings. The lowest BCUT2D eigenvalue weighted by Gasteiger charge is -1.86. The molecule has 0 aromatic carbocycles. The van der Waals surface area contributed by atoms with E-state index in [1.807, 2.05) is 0 Å². The van der Waals surface area contributed by atoms with Crippen molar-refractivity contribution in [3.63, 3.8) is 0 Å². The van der Waals surface area contributed by atoms with E-state index in [1.165, 1.54) is 27.5 Å². The van der Waals surface area contributed by atoms with Gasteiger partial charge in [-0.15, -0.1) is 0 Å². The van der Waals surface area contributed by atoms with Gasteiger partial charge in [0.25, 0.3) is 0 Å². The first-order valence-corrected chi connectivity index (χ1v) is 3.65. The predicted octanol–water partition coefficient (Wildman–Crippen LogP) is 2.19. The summed E-state index contributed by atoms with van der Waals surface area (Å²) in [7, 11) is 1.53. The Morgan fingerprint density at radius 2 is 2.43 bits per heavy atom. The van der Waals surface area contributed by atoms with Crippen LogP contribution in [0.3, 0.4) is 0 Å². The zero-order valence-electron chi connectivity index (χ0n) is 4.15.